The summed E-state index contributed by atoms with van der Waals surface area (Å²) in [6.45, 7) is 0. The summed E-state index contributed by atoms with van der Waals surface area (Å²) in [5.41, 5.74) is 6.73. The Morgan fingerprint density at radius 2 is 1.96 bits per heavy atom. The van der Waals surface area contributed by atoms with E-state index in [1.54, 1.807) is 12.1 Å². The van der Waals surface area contributed by atoms with Crippen LogP contribution in [0.15, 0.2) is 21.3 Å². The van der Waals surface area contributed by atoms with Crippen LogP contribution in [0.3, 0.4) is 0 Å². The number of halogens is 1. The molecule has 2 aromatic rings. The van der Waals surface area contributed by atoms with E-state index in [1.165, 1.54) is 24.6 Å². The van der Waals surface area contributed by atoms with Crippen LogP contribution in [0, 0.1) is 0 Å². The number of ether oxygens (including phenoxy) is 1. The van der Waals surface area contributed by atoms with Gasteiger partial charge in [0.25, 0.3) is 5.89 Å². The minimum atomic E-state index is -0.445. The van der Waals surface area contributed by atoms with Crippen molar-refractivity contribution < 1.29 is 9.15 Å². The van der Waals surface area contributed by atoms with Crippen LogP contribution in [-0.2, 0) is 0 Å². The molecule has 0 amide bonds. The Morgan fingerprint density at radius 3 is 2.60 bits per heavy atom. The van der Waals surface area contributed by atoms with E-state index in [2.05, 4.69) is 17.0 Å². The monoisotopic (exact) mass is 364 g/mol. The molecule has 2 fully saturated rings. The molecule has 3 heterocycles. The van der Waals surface area contributed by atoms with E-state index in [9.17, 15) is 4.79 Å². The van der Waals surface area contributed by atoms with Crippen LogP contribution < -0.4 is 16.2 Å². The summed E-state index contributed by atoms with van der Waals surface area (Å²) in [6.07, 6.45) is 4.19. The summed E-state index contributed by atoms with van der Waals surface area (Å²) in [4.78, 5) is 14.8. The lowest BCUT2D eigenvalue weighted by Gasteiger charge is -2.35. The molecule has 2 atom stereocenters. The third-order valence-electron chi connectivity index (χ3n) is 5.54. The first-order valence-electron chi connectivity index (χ1n) is 8.43. The molecule has 2 aliphatic rings. The Labute approximate surface area is 150 Å². The zero-order valence-electron chi connectivity index (χ0n) is 14.2. The Kier molecular flexibility index (Phi) is 4.00. The zero-order chi connectivity index (χ0) is 17.7. The fourth-order valence-electron chi connectivity index (χ4n) is 4.12. The van der Waals surface area contributed by atoms with Crippen molar-refractivity contribution in [1.29, 1.82) is 0 Å². The van der Waals surface area contributed by atoms with Gasteiger partial charge >= 0.3 is 5.76 Å². The van der Waals surface area contributed by atoms with E-state index in [4.69, 9.17) is 26.5 Å². The molecule has 2 saturated heterocycles. The van der Waals surface area contributed by atoms with E-state index < -0.39 is 5.76 Å². The van der Waals surface area contributed by atoms with Crippen LogP contribution in [0.4, 0.5) is 5.69 Å². The molecule has 8 heteroatoms. The van der Waals surface area contributed by atoms with Crippen LogP contribution in [0.1, 0.15) is 31.7 Å². The number of hydrogen-bond donors (Lipinski definition) is 1. The van der Waals surface area contributed by atoms with Gasteiger partial charge in [-0.1, -0.05) is 11.6 Å². The van der Waals surface area contributed by atoms with Crippen LogP contribution in [0.25, 0.3) is 11.5 Å². The number of methoxy groups -OCH3 is 1. The molecule has 1 aromatic heterocycles. The quantitative estimate of drug-likeness (QED) is 0.842. The summed E-state index contributed by atoms with van der Waals surface area (Å²) in [6, 6.07) is 4.30. The highest BCUT2D eigenvalue weighted by Crippen LogP contribution is 2.40. The van der Waals surface area contributed by atoms with E-state index in [1.807, 2.05) is 0 Å². The number of benzene rings is 1. The lowest BCUT2D eigenvalue weighted by Crippen LogP contribution is -2.42. The number of hydrogen-bond acceptors (Lipinski definition) is 6. The number of piperidine rings is 1. The Hall–Kier alpha value is -1.99. The van der Waals surface area contributed by atoms with Crippen LogP contribution in [-0.4, -0.2) is 40.9 Å². The van der Waals surface area contributed by atoms with Gasteiger partial charge in [0.15, 0.2) is 0 Å². The molecule has 2 unspecified atom stereocenters. The van der Waals surface area contributed by atoms with E-state index in [0.29, 0.717) is 34.1 Å². The van der Waals surface area contributed by atoms with Gasteiger partial charge in [-0.25, -0.2) is 4.79 Å². The van der Waals surface area contributed by atoms with Gasteiger partial charge in [0, 0.05) is 18.2 Å². The molecule has 0 aliphatic carbocycles. The van der Waals surface area contributed by atoms with Crippen LogP contribution >= 0.6 is 11.6 Å². The lowest BCUT2D eigenvalue weighted by molar-refractivity contribution is 0.128. The Morgan fingerprint density at radius 1 is 1.28 bits per heavy atom. The predicted octanol–water partition coefficient (Wildman–Crippen LogP) is 2.55. The largest absolute Gasteiger partial charge is 0.496 e. The van der Waals surface area contributed by atoms with Crippen LogP contribution in [0.2, 0.25) is 5.02 Å². The molecule has 0 radical (unpaired) electrons. The van der Waals surface area contributed by atoms with Crippen molar-refractivity contribution in [3.8, 4) is 17.2 Å². The maximum absolute atomic E-state index is 12.4. The topological polar surface area (TPSA) is 86.5 Å². The van der Waals surface area contributed by atoms with Gasteiger partial charge in [0.05, 0.1) is 29.4 Å². The van der Waals surface area contributed by atoms with Crippen molar-refractivity contribution in [2.75, 3.05) is 19.9 Å². The smallest absolute Gasteiger partial charge is 0.437 e. The molecule has 2 N–H and O–H groups in total. The molecule has 0 saturated carbocycles. The van der Waals surface area contributed by atoms with Gasteiger partial charge in [0.2, 0.25) is 0 Å². The normalized spacial score (nSPS) is 26.1. The number of nitrogen functional groups attached to an aromatic ring is 1. The minimum Gasteiger partial charge on any atom is -0.496 e. The number of nitrogens with zero attached hydrogens (tertiary/aromatic N) is 3. The van der Waals surface area contributed by atoms with Gasteiger partial charge in [-0.2, -0.15) is 4.68 Å². The third kappa shape index (κ3) is 2.71. The molecule has 4 rings (SSSR count). The number of aromatic nitrogens is 2. The molecule has 25 heavy (non-hydrogen) atoms. The third-order valence-corrected chi connectivity index (χ3v) is 5.87. The van der Waals surface area contributed by atoms with Crippen molar-refractivity contribution in [1.82, 2.24) is 14.7 Å². The second-order valence-electron chi connectivity index (χ2n) is 6.87. The summed E-state index contributed by atoms with van der Waals surface area (Å²) in [5.74, 6) is 0.229. The van der Waals surface area contributed by atoms with Crippen molar-refractivity contribution in [2.24, 2.45) is 0 Å². The molecule has 134 valence electrons. The van der Waals surface area contributed by atoms with Crippen LogP contribution in [0.5, 0.6) is 5.75 Å². The van der Waals surface area contributed by atoms with E-state index >= 15 is 0 Å². The second kappa shape index (κ2) is 6.07. The van der Waals surface area contributed by atoms with E-state index in [-0.39, 0.29) is 11.9 Å². The highest BCUT2D eigenvalue weighted by atomic mass is 35.5. The zero-order valence-corrected chi connectivity index (χ0v) is 15.0. The molecule has 2 aliphatic heterocycles. The number of rotatable bonds is 3. The summed E-state index contributed by atoms with van der Waals surface area (Å²) < 4.78 is 12.2. The fourth-order valence-corrected chi connectivity index (χ4v) is 4.28. The summed E-state index contributed by atoms with van der Waals surface area (Å²) in [7, 11) is 3.69. The number of anilines is 1. The summed E-state index contributed by atoms with van der Waals surface area (Å²) in [5, 5.41) is 4.81. The molecule has 1 aromatic carbocycles. The lowest BCUT2D eigenvalue weighted by atomic mass is 9.98. The Balaban J connectivity index is 1.70. The van der Waals surface area contributed by atoms with Gasteiger partial charge in [0.1, 0.15) is 5.75 Å². The maximum Gasteiger partial charge on any atom is 0.437 e. The first kappa shape index (κ1) is 16.5. The van der Waals surface area contributed by atoms with Crippen molar-refractivity contribution in [2.45, 2.75) is 43.8 Å². The van der Waals surface area contributed by atoms with E-state index in [0.717, 1.165) is 12.8 Å². The summed E-state index contributed by atoms with van der Waals surface area (Å²) >= 11 is 6.11. The molecule has 7 nitrogen and oxygen atoms in total. The average Bonchev–Trinajstić information content (AvgIpc) is 3.04. The van der Waals surface area contributed by atoms with Crippen molar-refractivity contribution in [3.05, 3.63) is 27.7 Å². The average molecular weight is 365 g/mol. The van der Waals surface area contributed by atoms with Crippen molar-refractivity contribution >= 4 is 17.3 Å². The fraction of sp³-hybridized carbons (Fsp3) is 0.529. The molecule has 0 spiro atoms. The van der Waals surface area contributed by atoms with Gasteiger partial charge in [-0.05, 0) is 38.8 Å². The second-order valence-corrected chi connectivity index (χ2v) is 7.27. The number of fused-ring (bicyclic) bond motifs is 2. The molecular weight excluding hydrogens is 344 g/mol. The predicted molar refractivity (Wildman–Crippen MR) is 95.0 cm³/mol. The van der Waals surface area contributed by atoms with Gasteiger partial charge < -0.3 is 19.8 Å². The van der Waals surface area contributed by atoms with Gasteiger partial charge in [-0.3, -0.25) is 0 Å². The highest BCUT2D eigenvalue weighted by molar-refractivity contribution is 6.33. The number of nitrogens with two attached hydrogens (primary N) is 1. The van der Waals surface area contributed by atoms with Crippen molar-refractivity contribution in [3.63, 3.8) is 0 Å². The first-order chi connectivity index (χ1) is 12.0. The Bertz CT molecular complexity index is 848. The standard InChI is InChI=1S/C17H21ClN4O3/c1-21-9-3-4-10(21)6-11(5-9)22-17(23)25-16(20-22)12-7-13(18)14(19)8-15(12)24-2/h7-11H,3-6,19H2,1-2H3. The molecular formula is C17H21ClN4O3. The molecule has 2 bridgehead atoms. The SMILES string of the molecule is COc1cc(N)c(Cl)cc1-c1nn(C2CC3CCC(C2)N3C)c(=O)o1. The maximum atomic E-state index is 12.4. The first-order valence-corrected chi connectivity index (χ1v) is 8.80. The minimum absolute atomic E-state index is 0.0638. The highest BCUT2D eigenvalue weighted by Gasteiger charge is 2.40. The van der Waals surface area contributed by atoms with Gasteiger partial charge in [-0.15, -0.1) is 5.10 Å².